The molecule has 1 aromatic carbocycles. The molecule has 16 nitrogen and oxygen atoms in total. The van der Waals surface area contributed by atoms with Crippen LogP contribution in [0.4, 0.5) is 0 Å². The second kappa shape index (κ2) is 26.3. The lowest BCUT2D eigenvalue weighted by atomic mass is 9.82. The van der Waals surface area contributed by atoms with Crippen molar-refractivity contribution in [2.75, 3.05) is 13.2 Å². The number of esters is 2. The molecule has 58 heavy (non-hydrogen) atoms. The maximum atomic E-state index is 14.0. The van der Waals surface area contributed by atoms with E-state index in [1.807, 2.05) is 0 Å². The van der Waals surface area contributed by atoms with Crippen LogP contribution in [0.2, 0.25) is 0 Å². The van der Waals surface area contributed by atoms with Gasteiger partial charge < -0.3 is 43.7 Å². The van der Waals surface area contributed by atoms with Gasteiger partial charge in [0.05, 0.1) is 12.3 Å². The lowest BCUT2D eigenvalue weighted by Crippen LogP contribution is -2.55. The quantitative estimate of drug-likeness (QED) is 0.0366. The minimum absolute atomic E-state index is 0.00433. The number of aliphatic carboxylic acids is 2. The van der Waals surface area contributed by atoms with Gasteiger partial charge >= 0.3 is 29.7 Å². The molecule has 2 rings (SSSR count). The van der Waals surface area contributed by atoms with E-state index in [-0.39, 0.29) is 30.3 Å². The van der Waals surface area contributed by atoms with Gasteiger partial charge in [0.1, 0.15) is 24.2 Å². The highest BCUT2D eigenvalue weighted by molar-refractivity contribution is 5.95. The largest absolute Gasteiger partial charge is 0.519 e. The standard InChI is InChI=1S/C42H55NO15/c1-4-6-8-11-14-17-31(44)18-15-12-9-10-13-16-19-33(42(53,40(50)51)26-37(47)55-27-35-29(3)57-41(52)58-35)38(48)43-34(39(49)56-28-36(45)46)25-30-20-22-32(23-21-30)54-24-7-5-2/h16,19-23,33-34,53H,4,6,8-15,17-18,24-28H2,1-3H3,(H,43,48)(H,45,46)(H,50,51)/t33-,34+,42+/m1/s1. The molecule has 16 heteroatoms. The smallest absolute Gasteiger partial charge is 0.481 e. The van der Waals surface area contributed by atoms with Crippen LogP contribution in [0, 0.1) is 24.7 Å². The van der Waals surface area contributed by atoms with Crippen molar-refractivity contribution < 1.29 is 67.1 Å². The number of aliphatic hydroxyl groups is 1. The fourth-order valence-corrected chi connectivity index (χ4v) is 5.76. The molecule has 0 aliphatic rings. The van der Waals surface area contributed by atoms with Crippen molar-refractivity contribution in [3.05, 3.63) is 64.1 Å². The summed E-state index contributed by atoms with van der Waals surface area (Å²) in [5, 5.41) is 33.3. The summed E-state index contributed by atoms with van der Waals surface area (Å²) in [7, 11) is 0. The van der Waals surface area contributed by atoms with Crippen LogP contribution >= 0.6 is 0 Å². The van der Waals surface area contributed by atoms with Gasteiger partial charge in [-0.1, -0.05) is 75.7 Å². The Morgan fingerprint density at radius 2 is 1.57 bits per heavy atom. The first-order valence-corrected chi connectivity index (χ1v) is 19.4. The highest BCUT2D eigenvalue weighted by Crippen LogP contribution is 2.27. The third kappa shape index (κ3) is 18.1. The third-order valence-corrected chi connectivity index (χ3v) is 9.04. The van der Waals surface area contributed by atoms with Crippen molar-refractivity contribution in [3.8, 4) is 17.6 Å². The Hall–Kier alpha value is -5.69. The molecular weight excluding hydrogens is 758 g/mol. The molecule has 1 amide bonds. The van der Waals surface area contributed by atoms with Crippen molar-refractivity contribution in [1.82, 2.24) is 5.32 Å². The number of rotatable bonds is 29. The van der Waals surface area contributed by atoms with Crippen LogP contribution in [0.3, 0.4) is 0 Å². The molecule has 0 saturated heterocycles. The SMILES string of the molecule is CC#CCOc1ccc(C[C@H](NC(=O)[C@@H](C=CCCCCCCC(=O)CCCCCCC)[C@@](O)(CC(=O)OCc2oc(=O)oc2C)C(=O)O)C(=O)OCC(=O)O)cc1. The summed E-state index contributed by atoms with van der Waals surface area (Å²) in [6, 6.07) is 4.74. The molecular formula is C42H55NO15. The minimum atomic E-state index is -3.13. The van der Waals surface area contributed by atoms with Gasteiger partial charge in [-0.25, -0.2) is 19.2 Å². The van der Waals surface area contributed by atoms with E-state index in [1.54, 1.807) is 31.2 Å². The molecule has 1 aromatic heterocycles. The summed E-state index contributed by atoms with van der Waals surface area (Å²) >= 11 is 0. The van der Waals surface area contributed by atoms with E-state index >= 15 is 0 Å². The number of aryl methyl sites for hydroxylation is 1. The number of hydrogen-bond acceptors (Lipinski definition) is 13. The Morgan fingerprint density at radius 3 is 2.16 bits per heavy atom. The van der Waals surface area contributed by atoms with Gasteiger partial charge in [0, 0.05) is 19.3 Å². The van der Waals surface area contributed by atoms with E-state index in [1.165, 1.54) is 13.0 Å². The van der Waals surface area contributed by atoms with Crippen molar-refractivity contribution in [1.29, 1.82) is 0 Å². The number of Topliss-reactive ketones (excluding diaryl/α,β-unsaturated/α-hetero) is 1. The molecule has 0 spiro atoms. The molecule has 0 aliphatic carbocycles. The molecule has 0 unspecified atom stereocenters. The summed E-state index contributed by atoms with van der Waals surface area (Å²) in [4.78, 5) is 87.4. The summed E-state index contributed by atoms with van der Waals surface area (Å²) in [5.41, 5.74) is -2.66. The highest BCUT2D eigenvalue weighted by atomic mass is 16.6. The number of carboxylic acids is 2. The van der Waals surface area contributed by atoms with Gasteiger partial charge in [0.2, 0.25) is 5.91 Å². The monoisotopic (exact) mass is 813 g/mol. The fraction of sp³-hybridized carbons (Fsp3) is 0.548. The normalized spacial score (nSPS) is 13.0. The predicted octanol–water partition coefficient (Wildman–Crippen LogP) is 4.99. The number of hydrogen-bond donors (Lipinski definition) is 4. The van der Waals surface area contributed by atoms with E-state index in [9.17, 15) is 43.8 Å². The van der Waals surface area contributed by atoms with E-state index < -0.39 is 72.8 Å². The van der Waals surface area contributed by atoms with Crippen molar-refractivity contribution in [3.63, 3.8) is 0 Å². The first kappa shape index (κ1) is 48.5. The van der Waals surface area contributed by atoms with Crippen LogP contribution in [-0.2, 0) is 51.3 Å². The fourth-order valence-electron chi connectivity index (χ4n) is 5.76. The zero-order valence-electron chi connectivity index (χ0n) is 33.4. The maximum Gasteiger partial charge on any atom is 0.519 e. The second-order valence-corrected chi connectivity index (χ2v) is 13.7. The number of benzene rings is 1. The summed E-state index contributed by atoms with van der Waals surface area (Å²) in [6.45, 7) is 3.61. The van der Waals surface area contributed by atoms with Gasteiger partial charge in [-0.05, 0) is 57.2 Å². The Bertz CT molecular complexity index is 1800. The number of nitrogens with one attached hydrogen (secondary N) is 1. The molecule has 318 valence electrons. The number of unbranched alkanes of at least 4 members (excludes halogenated alkanes) is 8. The van der Waals surface area contributed by atoms with E-state index in [0.717, 1.165) is 51.0 Å². The molecule has 0 bridgehead atoms. The topological polar surface area (TPSA) is 246 Å². The van der Waals surface area contributed by atoms with Gasteiger partial charge in [0.15, 0.2) is 30.3 Å². The maximum absolute atomic E-state index is 14.0. The number of amides is 1. The lowest BCUT2D eigenvalue weighted by molar-refractivity contribution is -0.174. The molecule has 0 aliphatic heterocycles. The van der Waals surface area contributed by atoms with Crippen molar-refractivity contribution in [2.45, 2.75) is 129 Å². The summed E-state index contributed by atoms with van der Waals surface area (Å²) < 4.78 is 24.9. The molecule has 4 N–H and O–H groups in total. The summed E-state index contributed by atoms with van der Waals surface area (Å²) in [5.74, 6) is -4.15. The molecule has 3 atom stereocenters. The average Bonchev–Trinajstić information content (AvgIpc) is 3.51. The number of ketones is 1. The minimum Gasteiger partial charge on any atom is -0.481 e. The zero-order chi connectivity index (χ0) is 42.9. The van der Waals surface area contributed by atoms with Crippen LogP contribution in [0.25, 0.3) is 0 Å². The highest BCUT2D eigenvalue weighted by Gasteiger charge is 2.49. The number of ether oxygens (including phenoxy) is 3. The Kier molecular flexibility index (Phi) is 21.9. The van der Waals surface area contributed by atoms with Gasteiger partial charge in [-0.3, -0.25) is 14.4 Å². The lowest BCUT2D eigenvalue weighted by Gasteiger charge is -2.30. The average molecular weight is 814 g/mol. The van der Waals surface area contributed by atoms with Crippen molar-refractivity contribution >= 4 is 35.6 Å². The molecule has 1 heterocycles. The molecule has 2 aromatic rings. The van der Waals surface area contributed by atoms with Gasteiger partial charge in [-0.2, -0.15) is 0 Å². The van der Waals surface area contributed by atoms with Gasteiger partial charge in [-0.15, -0.1) is 5.92 Å². The zero-order valence-corrected chi connectivity index (χ0v) is 33.4. The Labute approximate surface area is 337 Å². The van der Waals surface area contributed by atoms with Crippen LogP contribution in [0.1, 0.15) is 114 Å². The van der Waals surface area contributed by atoms with Gasteiger partial charge in [0.25, 0.3) is 0 Å². The number of carbonyl (C=O) groups is 6. The van der Waals surface area contributed by atoms with Crippen molar-refractivity contribution in [2.24, 2.45) is 5.92 Å². The number of allylic oxidation sites excluding steroid dienone is 1. The molecule has 0 radical (unpaired) electrons. The van der Waals surface area contributed by atoms with E-state index in [0.29, 0.717) is 43.4 Å². The van der Waals surface area contributed by atoms with Crippen LogP contribution < -0.4 is 15.9 Å². The first-order chi connectivity index (χ1) is 27.7. The van der Waals surface area contributed by atoms with E-state index in [4.69, 9.17) is 28.2 Å². The molecule has 0 fully saturated rings. The van der Waals surface area contributed by atoms with Crippen LogP contribution in [0.15, 0.2) is 50.0 Å². The van der Waals surface area contributed by atoms with E-state index in [2.05, 4.69) is 24.1 Å². The first-order valence-electron chi connectivity index (χ1n) is 19.4. The molecule has 0 saturated carbocycles. The van der Waals surface area contributed by atoms with Crippen LogP contribution in [0.5, 0.6) is 5.75 Å². The third-order valence-electron chi connectivity index (χ3n) is 9.04. The van der Waals surface area contributed by atoms with Crippen LogP contribution in [-0.4, -0.2) is 75.7 Å². The predicted molar refractivity (Wildman–Crippen MR) is 207 cm³/mol. The number of carboxylic acid groups (broad SMARTS) is 2. The number of carbonyl (C=O) groups excluding carboxylic acids is 4. The second-order valence-electron chi connectivity index (χ2n) is 13.7. The summed E-state index contributed by atoms with van der Waals surface area (Å²) in [6.07, 6.45) is 10.6. The Balaban J connectivity index is 2.26. The Morgan fingerprint density at radius 1 is 0.914 bits per heavy atom.